The largest absolute Gasteiger partial charge is 0.388 e. The van der Waals surface area contributed by atoms with E-state index in [1.807, 2.05) is 0 Å². The van der Waals surface area contributed by atoms with Crippen LogP contribution in [0.1, 0.15) is 13.2 Å². The van der Waals surface area contributed by atoms with Crippen LogP contribution < -0.4 is 11.2 Å². The Morgan fingerprint density at radius 2 is 2.06 bits per heavy atom. The van der Waals surface area contributed by atoms with Gasteiger partial charge in [0, 0.05) is 0 Å². The number of H-pyrrole nitrogens is 1. The molecule has 2 heterocycles. The molecule has 8 heteroatoms. The Morgan fingerprint density at radius 1 is 1.41 bits per heavy atom. The number of rotatable bonds is 1. The molecule has 1 fully saturated rings. The molecule has 0 amide bonds. The molecule has 0 radical (unpaired) electrons. The van der Waals surface area contributed by atoms with Crippen molar-refractivity contribution in [3.8, 4) is 0 Å². The normalized spacial score (nSPS) is 32.9. The zero-order valence-electron chi connectivity index (χ0n) is 8.83. The van der Waals surface area contributed by atoms with Gasteiger partial charge in [-0.15, -0.1) is 0 Å². The van der Waals surface area contributed by atoms with Crippen LogP contribution in [0.15, 0.2) is 15.8 Å². The lowest BCUT2D eigenvalue weighted by Gasteiger charge is -2.16. The Labute approximate surface area is 94.1 Å². The summed E-state index contributed by atoms with van der Waals surface area (Å²) in [6, 6.07) is 0. The second kappa shape index (κ2) is 4.06. The van der Waals surface area contributed by atoms with Crippen molar-refractivity contribution in [2.45, 2.75) is 31.5 Å². The maximum absolute atomic E-state index is 13.0. The van der Waals surface area contributed by atoms with E-state index in [4.69, 9.17) is 4.74 Å². The lowest BCUT2D eigenvalue weighted by atomic mass is 10.1. The van der Waals surface area contributed by atoms with Crippen LogP contribution in [0.25, 0.3) is 0 Å². The highest BCUT2D eigenvalue weighted by Gasteiger charge is 2.41. The molecule has 0 saturated carbocycles. The van der Waals surface area contributed by atoms with E-state index in [1.54, 1.807) is 4.98 Å². The van der Waals surface area contributed by atoms with Gasteiger partial charge in [-0.3, -0.25) is 14.3 Å². The molecule has 1 aliphatic heterocycles. The molecule has 4 atom stereocenters. The Kier molecular flexibility index (Phi) is 2.86. The molecule has 1 aromatic rings. The molecule has 2 unspecified atom stereocenters. The van der Waals surface area contributed by atoms with Crippen LogP contribution in [0.3, 0.4) is 0 Å². The highest BCUT2D eigenvalue weighted by Crippen LogP contribution is 2.27. The molecule has 7 nitrogen and oxygen atoms in total. The average Bonchev–Trinajstić information content (AvgIpc) is 2.51. The number of halogens is 1. The van der Waals surface area contributed by atoms with Gasteiger partial charge in [0.15, 0.2) is 6.23 Å². The molecule has 17 heavy (non-hydrogen) atoms. The number of hydrogen-bond donors (Lipinski definition) is 3. The van der Waals surface area contributed by atoms with Gasteiger partial charge < -0.3 is 14.9 Å². The van der Waals surface area contributed by atoms with Gasteiger partial charge in [0.25, 0.3) is 5.56 Å². The van der Waals surface area contributed by atoms with Crippen LogP contribution in [-0.4, -0.2) is 38.1 Å². The molecule has 0 bridgehead atoms. The Morgan fingerprint density at radius 3 is 2.59 bits per heavy atom. The van der Waals surface area contributed by atoms with E-state index in [9.17, 15) is 24.2 Å². The fourth-order valence-electron chi connectivity index (χ4n) is 1.71. The van der Waals surface area contributed by atoms with E-state index in [-0.39, 0.29) is 0 Å². The summed E-state index contributed by atoms with van der Waals surface area (Å²) in [6.45, 7) is 1.50. The summed E-state index contributed by atoms with van der Waals surface area (Å²) in [5.74, 6) is -1.17. The SMILES string of the molecule is C[C@H]1OC(n2cc(F)c(=O)[nH]c2=O)[C@@H](O)C1O. The van der Waals surface area contributed by atoms with E-state index in [2.05, 4.69) is 0 Å². The van der Waals surface area contributed by atoms with E-state index in [1.165, 1.54) is 6.92 Å². The first-order chi connectivity index (χ1) is 7.91. The summed E-state index contributed by atoms with van der Waals surface area (Å²) in [5.41, 5.74) is -2.06. The number of nitrogens with zero attached hydrogens (tertiary/aromatic N) is 1. The molecule has 0 aliphatic carbocycles. The second-order valence-electron chi connectivity index (χ2n) is 3.86. The van der Waals surface area contributed by atoms with Crippen LogP contribution >= 0.6 is 0 Å². The van der Waals surface area contributed by atoms with Crippen molar-refractivity contribution >= 4 is 0 Å². The van der Waals surface area contributed by atoms with Crippen molar-refractivity contribution < 1.29 is 19.3 Å². The Balaban J connectivity index is 2.46. The van der Waals surface area contributed by atoms with Crippen molar-refractivity contribution in [2.75, 3.05) is 0 Å². The van der Waals surface area contributed by atoms with E-state index in [0.717, 1.165) is 0 Å². The third kappa shape index (κ3) is 1.90. The van der Waals surface area contributed by atoms with Crippen molar-refractivity contribution in [3.05, 3.63) is 32.9 Å². The third-order valence-electron chi connectivity index (χ3n) is 2.68. The number of aromatic nitrogens is 2. The summed E-state index contributed by atoms with van der Waals surface area (Å²) in [4.78, 5) is 24.0. The van der Waals surface area contributed by atoms with E-state index in [0.29, 0.717) is 10.8 Å². The summed E-state index contributed by atoms with van der Waals surface area (Å²) >= 11 is 0. The van der Waals surface area contributed by atoms with Gasteiger partial charge in [0.05, 0.1) is 12.3 Å². The lowest BCUT2D eigenvalue weighted by Crippen LogP contribution is -2.38. The predicted molar refractivity (Wildman–Crippen MR) is 52.9 cm³/mol. The first kappa shape index (κ1) is 12.0. The average molecular weight is 246 g/mol. The van der Waals surface area contributed by atoms with Crippen molar-refractivity contribution in [2.24, 2.45) is 0 Å². The molecule has 1 saturated heterocycles. The topological polar surface area (TPSA) is 105 Å². The number of ether oxygens (including phenoxy) is 1. The van der Waals surface area contributed by atoms with Gasteiger partial charge in [-0.25, -0.2) is 4.79 Å². The molecular weight excluding hydrogens is 235 g/mol. The molecule has 1 aliphatic rings. The van der Waals surface area contributed by atoms with Crippen molar-refractivity contribution in [1.82, 2.24) is 9.55 Å². The minimum absolute atomic E-state index is 0.639. The van der Waals surface area contributed by atoms with Gasteiger partial charge in [0.1, 0.15) is 12.2 Å². The van der Waals surface area contributed by atoms with Crippen LogP contribution in [0, 0.1) is 5.82 Å². The molecular formula is C9H11FN2O5. The first-order valence-corrected chi connectivity index (χ1v) is 4.94. The minimum atomic E-state index is -1.37. The maximum atomic E-state index is 13.0. The molecule has 2 rings (SSSR count). The molecule has 94 valence electrons. The third-order valence-corrected chi connectivity index (χ3v) is 2.68. The van der Waals surface area contributed by atoms with E-state index >= 15 is 0 Å². The molecule has 1 aromatic heterocycles. The fraction of sp³-hybridized carbons (Fsp3) is 0.556. The maximum Gasteiger partial charge on any atom is 0.330 e. The zero-order valence-corrected chi connectivity index (χ0v) is 8.83. The van der Waals surface area contributed by atoms with Gasteiger partial charge >= 0.3 is 5.69 Å². The zero-order chi connectivity index (χ0) is 12.7. The van der Waals surface area contributed by atoms with Crippen LogP contribution in [0.4, 0.5) is 4.39 Å². The monoisotopic (exact) mass is 246 g/mol. The number of hydrogen-bond acceptors (Lipinski definition) is 5. The smallest absolute Gasteiger partial charge is 0.330 e. The summed E-state index contributed by atoms with van der Waals surface area (Å²) in [6.07, 6.45) is -3.83. The summed E-state index contributed by atoms with van der Waals surface area (Å²) in [7, 11) is 0. The lowest BCUT2D eigenvalue weighted by molar-refractivity contribution is -0.0356. The van der Waals surface area contributed by atoms with E-state index < -0.39 is 41.6 Å². The standard InChI is InChI=1S/C9H11FN2O5/c1-3-5(13)6(14)8(17-3)12-2-4(10)7(15)11-9(12)16/h2-3,5-6,8,13-14H,1H3,(H,11,15,16)/t3-,5?,6+,8?/m1/s1. The van der Waals surface area contributed by atoms with Gasteiger partial charge in [-0.05, 0) is 6.92 Å². The fourth-order valence-corrected chi connectivity index (χ4v) is 1.71. The summed E-state index contributed by atoms with van der Waals surface area (Å²) < 4.78 is 18.9. The van der Waals surface area contributed by atoms with Crippen molar-refractivity contribution in [1.29, 1.82) is 0 Å². The van der Waals surface area contributed by atoms with Gasteiger partial charge in [-0.2, -0.15) is 4.39 Å². The van der Waals surface area contributed by atoms with Gasteiger partial charge in [0.2, 0.25) is 5.82 Å². The van der Waals surface area contributed by atoms with Crippen molar-refractivity contribution in [3.63, 3.8) is 0 Å². The molecule has 0 spiro atoms. The second-order valence-corrected chi connectivity index (χ2v) is 3.86. The minimum Gasteiger partial charge on any atom is -0.388 e. The highest BCUT2D eigenvalue weighted by atomic mass is 19.1. The quantitative estimate of drug-likeness (QED) is 0.548. The summed E-state index contributed by atoms with van der Waals surface area (Å²) in [5, 5.41) is 19.1. The van der Waals surface area contributed by atoms with Gasteiger partial charge in [-0.1, -0.05) is 0 Å². The Bertz CT molecular complexity index is 539. The first-order valence-electron chi connectivity index (χ1n) is 4.94. The van der Waals surface area contributed by atoms with Crippen LogP contribution in [0.5, 0.6) is 0 Å². The number of aliphatic hydroxyl groups excluding tert-OH is 2. The van der Waals surface area contributed by atoms with Crippen LogP contribution in [-0.2, 0) is 4.74 Å². The number of aromatic amines is 1. The molecule has 3 N–H and O–H groups in total. The number of aliphatic hydroxyl groups is 2. The van der Waals surface area contributed by atoms with Crippen LogP contribution in [0.2, 0.25) is 0 Å². The predicted octanol–water partition coefficient (Wildman–Crippen LogP) is -1.69. The molecule has 0 aromatic carbocycles. The number of nitrogens with one attached hydrogen (secondary N) is 1. The highest BCUT2D eigenvalue weighted by molar-refractivity contribution is 4.93. The Hall–Kier alpha value is -1.51.